The van der Waals surface area contributed by atoms with Crippen molar-refractivity contribution < 1.29 is 14.3 Å². The second-order valence-corrected chi connectivity index (χ2v) is 7.83. The lowest BCUT2D eigenvalue weighted by Crippen LogP contribution is -2.47. The van der Waals surface area contributed by atoms with Crippen LogP contribution in [0.1, 0.15) is 30.4 Å². The average molecular weight is 396 g/mol. The Balaban J connectivity index is 1.34. The third-order valence-electron chi connectivity index (χ3n) is 5.93. The molecule has 1 saturated carbocycles. The smallest absolute Gasteiger partial charge is 0.225 e. The summed E-state index contributed by atoms with van der Waals surface area (Å²) in [5.74, 6) is 2.08. The number of hydrogen-bond donors (Lipinski definition) is 3. The van der Waals surface area contributed by atoms with Crippen LogP contribution in [0.5, 0.6) is 11.5 Å². The highest BCUT2D eigenvalue weighted by atomic mass is 16.5. The Morgan fingerprint density at radius 1 is 1.10 bits per heavy atom. The molecule has 0 aromatic heterocycles. The molecule has 2 aromatic carbocycles. The highest BCUT2D eigenvalue weighted by Crippen LogP contribution is 2.32. The summed E-state index contributed by atoms with van der Waals surface area (Å²) in [6, 6.07) is 16.1. The molecule has 4 rings (SSSR count). The van der Waals surface area contributed by atoms with Crippen LogP contribution < -0.4 is 25.6 Å². The number of carbonyl (C=O) groups is 1. The van der Waals surface area contributed by atoms with Crippen LogP contribution in [0.25, 0.3) is 0 Å². The molecule has 0 bridgehead atoms. The van der Waals surface area contributed by atoms with Gasteiger partial charge in [0.15, 0.2) is 11.5 Å². The number of ether oxygens (including phenoxy) is 2. The fourth-order valence-corrected chi connectivity index (χ4v) is 4.33. The monoisotopic (exact) mass is 395 g/mol. The molecule has 0 radical (unpaired) electrons. The first-order valence-electron chi connectivity index (χ1n) is 10.3. The number of carbonyl (C=O) groups excluding carboxylic acids is 1. The maximum Gasteiger partial charge on any atom is 0.225 e. The van der Waals surface area contributed by atoms with E-state index in [0.29, 0.717) is 30.6 Å². The van der Waals surface area contributed by atoms with Gasteiger partial charge >= 0.3 is 0 Å². The normalized spacial score (nSPS) is 23.3. The van der Waals surface area contributed by atoms with Gasteiger partial charge in [0.1, 0.15) is 6.61 Å². The van der Waals surface area contributed by atoms with Crippen LogP contribution in [-0.4, -0.2) is 25.6 Å². The van der Waals surface area contributed by atoms with Gasteiger partial charge in [0, 0.05) is 19.1 Å². The van der Waals surface area contributed by atoms with E-state index in [2.05, 4.69) is 16.2 Å². The summed E-state index contributed by atoms with van der Waals surface area (Å²) in [4.78, 5) is 12.8. The minimum absolute atomic E-state index is 0.0270. The molecule has 6 heteroatoms. The molecule has 2 aromatic rings. The number of fused-ring (bicyclic) bond motifs is 1. The third-order valence-corrected chi connectivity index (χ3v) is 5.93. The first-order valence-corrected chi connectivity index (χ1v) is 10.3. The van der Waals surface area contributed by atoms with Crippen molar-refractivity contribution in [1.29, 1.82) is 0 Å². The summed E-state index contributed by atoms with van der Waals surface area (Å²) < 4.78 is 11.4. The Kier molecular flexibility index (Phi) is 6.32. The molecule has 3 atom stereocenters. The predicted molar refractivity (Wildman–Crippen MR) is 111 cm³/mol. The molecule has 29 heavy (non-hydrogen) atoms. The van der Waals surface area contributed by atoms with E-state index in [-0.39, 0.29) is 17.9 Å². The lowest BCUT2D eigenvalue weighted by molar-refractivity contribution is -0.127. The SMILES string of the molecule is COc1cc(CNC(=O)C2CCCC3CNNC32)ccc1OCc1ccccc1. The topological polar surface area (TPSA) is 71.6 Å². The lowest BCUT2D eigenvalue weighted by Gasteiger charge is -2.31. The largest absolute Gasteiger partial charge is 0.493 e. The first kappa shape index (κ1) is 19.7. The van der Waals surface area contributed by atoms with Crippen molar-refractivity contribution in [1.82, 2.24) is 16.2 Å². The highest BCUT2D eigenvalue weighted by Gasteiger charge is 2.39. The van der Waals surface area contributed by atoms with Crippen molar-refractivity contribution >= 4 is 5.91 Å². The molecular formula is C23H29N3O3. The van der Waals surface area contributed by atoms with Crippen LogP contribution in [0, 0.1) is 11.8 Å². The zero-order valence-electron chi connectivity index (χ0n) is 16.8. The van der Waals surface area contributed by atoms with Gasteiger partial charge in [-0.3, -0.25) is 15.6 Å². The number of amides is 1. The van der Waals surface area contributed by atoms with E-state index >= 15 is 0 Å². The summed E-state index contributed by atoms with van der Waals surface area (Å²) in [7, 11) is 1.63. The summed E-state index contributed by atoms with van der Waals surface area (Å²) in [6.45, 7) is 1.92. The zero-order valence-corrected chi connectivity index (χ0v) is 16.8. The van der Waals surface area contributed by atoms with Crippen LogP contribution in [-0.2, 0) is 17.9 Å². The number of rotatable bonds is 7. The third kappa shape index (κ3) is 4.71. The van der Waals surface area contributed by atoms with Gasteiger partial charge in [0.25, 0.3) is 0 Å². The van der Waals surface area contributed by atoms with Crippen LogP contribution in [0.4, 0.5) is 0 Å². The average Bonchev–Trinajstić information content (AvgIpc) is 3.26. The molecule has 3 N–H and O–H groups in total. The van der Waals surface area contributed by atoms with Crippen molar-refractivity contribution in [2.75, 3.05) is 13.7 Å². The predicted octanol–water partition coefficient (Wildman–Crippen LogP) is 2.78. The van der Waals surface area contributed by atoms with Crippen molar-refractivity contribution in [3.05, 3.63) is 59.7 Å². The van der Waals surface area contributed by atoms with Gasteiger partial charge < -0.3 is 14.8 Å². The summed E-state index contributed by atoms with van der Waals surface area (Å²) >= 11 is 0. The first-order chi connectivity index (χ1) is 14.2. The molecule has 1 amide bonds. The molecule has 1 aliphatic heterocycles. The van der Waals surface area contributed by atoms with Gasteiger partial charge in [-0.05, 0) is 42.0 Å². The summed E-state index contributed by atoms with van der Waals surface area (Å²) in [5.41, 5.74) is 8.60. The van der Waals surface area contributed by atoms with E-state index in [1.54, 1.807) is 7.11 Å². The highest BCUT2D eigenvalue weighted by molar-refractivity contribution is 5.79. The van der Waals surface area contributed by atoms with Gasteiger partial charge in [0.2, 0.25) is 5.91 Å². The quantitative estimate of drug-likeness (QED) is 0.673. The minimum Gasteiger partial charge on any atom is -0.493 e. The molecule has 1 aliphatic carbocycles. The Morgan fingerprint density at radius 3 is 2.79 bits per heavy atom. The molecule has 2 aliphatic rings. The maximum absolute atomic E-state index is 12.8. The van der Waals surface area contributed by atoms with Crippen LogP contribution in [0.3, 0.4) is 0 Å². The Bertz CT molecular complexity index is 827. The van der Waals surface area contributed by atoms with Gasteiger partial charge in [0.05, 0.1) is 13.0 Å². The molecule has 1 saturated heterocycles. The number of benzene rings is 2. The second kappa shape index (κ2) is 9.29. The zero-order chi connectivity index (χ0) is 20.1. The van der Waals surface area contributed by atoms with Gasteiger partial charge in [-0.25, -0.2) is 0 Å². The number of methoxy groups -OCH3 is 1. The molecule has 3 unspecified atom stereocenters. The van der Waals surface area contributed by atoms with E-state index in [0.717, 1.165) is 30.5 Å². The standard InChI is InChI=1S/C23H29N3O3/c1-28-21-12-17(10-11-20(21)29-15-16-6-3-2-4-7-16)13-24-23(27)19-9-5-8-18-14-25-26-22(18)19/h2-4,6-7,10-12,18-19,22,25-26H,5,8-9,13-15H2,1H3,(H,24,27). The van der Waals surface area contributed by atoms with Gasteiger partial charge in [-0.2, -0.15) is 0 Å². The maximum atomic E-state index is 12.8. The van der Waals surface area contributed by atoms with Crippen molar-refractivity contribution in [2.24, 2.45) is 11.8 Å². The van der Waals surface area contributed by atoms with E-state index in [1.807, 2.05) is 48.5 Å². The molecule has 154 valence electrons. The van der Waals surface area contributed by atoms with Crippen LogP contribution in [0.15, 0.2) is 48.5 Å². The molecule has 0 spiro atoms. The lowest BCUT2D eigenvalue weighted by atomic mass is 9.77. The van der Waals surface area contributed by atoms with Crippen LogP contribution in [0.2, 0.25) is 0 Å². The van der Waals surface area contributed by atoms with Gasteiger partial charge in [-0.15, -0.1) is 0 Å². The molecule has 2 fully saturated rings. The minimum atomic E-state index is 0.0270. The van der Waals surface area contributed by atoms with Gasteiger partial charge in [-0.1, -0.05) is 42.8 Å². The number of hydrazine groups is 1. The number of hydrogen-bond acceptors (Lipinski definition) is 5. The van der Waals surface area contributed by atoms with E-state index in [9.17, 15) is 4.79 Å². The van der Waals surface area contributed by atoms with E-state index in [1.165, 1.54) is 6.42 Å². The Morgan fingerprint density at radius 2 is 1.97 bits per heavy atom. The summed E-state index contributed by atoms with van der Waals surface area (Å²) in [6.07, 6.45) is 3.25. The Hall–Kier alpha value is -2.57. The van der Waals surface area contributed by atoms with Crippen LogP contribution >= 0.6 is 0 Å². The molecular weight excluding hydrogens is 366 g/mol. The number of nitrogens with one attached hydrogen (secondary N) is 3. The molecule has 6 nitrogen and oxygen atoms in total. The fraction of sp³-hybridized carbons (Fsp3) is 0.435. The van der Waals surface area contributed by atoms with Crippen molar-refractivity contribution in [3.8, 4) is 11.5 Å². The van der Waals surface area contributed by atoms with E-state index < -0.39 is 0 Å². The Labute approximate surface area is 171 Å². The summed E-state index contributed by atoms with van der Waals surface area (Å²) in [5, 5.41) is 3.11. The van der Waals surface area contributed by atoms with Crippen molar-refractivity contribution in [2.45, 2.75) is 38.5 Å². The fourth-order valence-electron chi connectivity index (χ4n) is 4.33. The van der Waals surface area contributed by atoms with Crippen molar-refractivity contribution in [3.63, 3.8) is 0 Å². The molecule has 1 heterocycles. The van der Waals surface area contributed by atoms with E-state index in [4.69, 9.17) is 9.47 Å². The second-order valence-electron chi connectivity index (χ2n) is 7.83.